The molecule has 0 aliphatic rings. The van der Waals surface area contributed by atoms with Crippen LogP contribution in [0.25, 0.3) is 5.69 Å². The van der Waals surface area contributed by atoms with Gasteiger partial charge in [0.05, 0.1) is 11.9 Å². The molecule has 90 valence electrons. The molecule has 0 bridgehead atoms. The first kappa shape index (κ1) is 11.8. The summed E-state index contributed by atoms with van der Waals surface area (Å²) in [4.78, 5) is 0. The number of nitrogens with one attached hydrogen (secondary N) is 1. The summed E-state index contributed by atoms with van der Waals surface area (Å²) in [5.74, 6) is 0.554. The maximum Gasteiger partial charge on any atom is 0.265 e. The smallest absolute Gasteiger partial charge is 0.265 e. The first-order chi connectivity index (χ1) is 8.11. The Balaban J connectivity index is 2.42. The number of benzene rings is 1. The first-order valence-corrected chi connectivity index (χ1v) is 5.17. The lowest BCUT2D eigenvalue weighted by molar-refractivity contribution is 0.151. The Morgan fingerprint density at radius 3 is 2.76 bits per heavy atom. The van der Waals surface area contributed by atoms with E-state index in [0.717, 1.165) is 0 Å². The van der Waals surface area contributed by atoms with E-state index in [1.807, 2.05) is 0 Å². The lowest BCUT2D eigenvalue weighted by atomic mass is 10.2. The highest BCUT2D eigenvalue weighted by atomic mass is 35.5. The van der Waals surface area contributed by atoms with Gasteiger partial charge in [-0.25, -0.2) is 13.5 Å². The SMILES string of the molecule is CNc1cn(-c2ccc(Cl)c(C(F)F)c2)nn1. The Kier molecular flexibility index (Phi) is 3.23. The number of anilines is 1. The van der Waals surface area contributed by atoms with Crippen LogP contribution < -0.4 is 5.32 Å². The molecule has 0 saturated carbocycles. The van der Waals surface area contributed by atoms with E-state index in [-0.39, 0.29) is 10.6 Å². The zero-order chi connectivity index (χ0) is 12.4. The number of hydrogen-bond acceptors (Lipinski definition) is 3. The van der Waals surface area contributed by atoms with Gasteiger partial charge in [0, 0.05) is 17.6 Å². The highest BCUT2D eigenvalue weighted by Gasteiger charge is 2.13. The molecule has 1 aromatic heterocycles. The topological polar surface area (TPSA) is 42.7 Å². The van der Waals surface area contributed by atoms with Crippen molar-refractivity contribution in [2.45, 2.75) is 6.43 Å². The van der Waals surface area contributed by atoms with E-state index in [2.05, 4.69) is 15.6 Å². The van der Waals surface area contributed by atoms with Crippen molar-refractivity contribution in [2.75, 3.05) is 12.4 Å². The molecule has 7 heteroatoms. The first-order valence-electron chi connectivity index (χ1n) is 4.80. The van der Waals surface area contributed by atoms with Crippen LogP contribution in [-0.2, 0) is 0 Å². The van der Waals surface area contributed by atoms with Crippen LogP contribution in [0.15, 0.2) is 24.4 Å². The largest absolute Gasteiger partial charge is 0.370 e. The molecule has 0 atom stereocenters. The van der Waals surface area contributed by atoms with Crippen LogP contribution in [0.3, 0.4) is 0 Å². The molecule has 17 heavy (non-hydrogen) atoms. The molecule has 1 heterocycles. The van der Waals surface area contributed by atoms with E-state index >= 15 is 0 Å². The molecular formula is C10H9ClF2N4. The molecule has 0 aliphatic carbocycles. The van der Waals surface area contributed by atoms with Crippen LogP contribution in [0.1, 0.15) is 12.0 Å². The van der Waals surface area contributed by atoms with Crippen molar-refractivity contribution >= 4 is 17.4 Å². The minimum atomic E-state index is -2.62. The monoisotopic (exact) mass is 258 g/mol. The number of aromatic nitrogens is 3. The summed E-state index contributed by atoms with van der Waals surface area (Å²) in [5, 5.41) is 10.4. The molecule has 0 spiro atoms. The van der Waals surface area contributed by atoms with Crippen molar-refractivity contribution in [3.05, 3.63) is 35.0 Å². The fourth-order valence-corrected chi connectivity index (χ4v) is 1.55. The summed E-state index contributed by atoms with van der Waals surface area (Å²) in [6, 6.07) is 4.31. The maximum atomic E-state index is 12.7. The van der Waals surface area contributed by atoms with Crippen LogP contribution >= 0.6 is 11.6 Å². The molecule has 0 aliphatic heterocycles. The Hall–Kier alpha value is -1.69. The summed E-state index contributed by atoms with van der Waals surface area (Å²) in [5.41, 5.74) is 0.268. The van der Waals surface area contributed by atoms with Crippen molar-refractivity contribution in [2.24, 2.45) is 0 Å². The molecule has 4 nitrogen and oxygen atoms in total. The molecule has 1 aromatic carbocycles. The van der Waals surface area contributed by atoms with Crippen molar-refractivity contribution in [3.63, 3.8) is 0 Å². The van der Waals surface area contributed by atoms with Crippen LogP contribution in [0.2, 0.25) is 5.02 Å². The van der Waals surface area contributed by atoms with E-state index in [0.29, 0.717) is 11.5 Å². The second-order valence-electron chi connectivity index (χ2n) is 3.30. The fourth-order valence-electron chi connectivity index (χ4n) is 1.35. The summed E-state index contributed by atoms with van der Waals surface area (Å²) in [7, 11) is 1.70. The molecule has 0 fully saturated rings. The van der Waals surface area contributed by atoms with Crippen molar-refractivity contribution in [1.29, 1.82) is 0 Å². The normalized spacial score (nSPS) is 10.9. The average Bonchev–Trinajstić information content (AvgIpc) is 2.78. The van der Waals surface area contributed by atoms with E-state index in [4.69, 9.17) is 11.6 Å². The number of nitrogens with zero attached hydrogens (tertiary/aromatic N) is 3. The van der Waals surface area contributed by atoms with Crippen molar-refractivity contribution in [1.82, 2.24) is 15.0 Å². The predicted molar refractivity (Wildman–Crippen MR) is 60.9 cm³/mol. The standard InChI is InChI=1S/C10H9ClF2N4/c1-14-9-5-17(16-15-9)6-2-3-8(11)7(4-6)10(12)13/h2-5,10,14H,1H3. The molecule has 0 radical (unpaired) electrons. The molecule has 0 amide bonds. The van der Waals surface area contributed by atoms with Gasteiger partial charge in [0.15, 0.2) is 5.82 Å². The Morgan fingerprint density at radius 2 is 2.18 bits per heavy atom. The minimum Gasteiger partial charge on any atom is -0.370 e. The molecule has 0 saturated heterocycles. The van der Waals surface area contributed by atoms with Crippen LogP contribution in [0.4, 0.5) is 14.6 Å². The van der Waals surface area contributed by atoms with Gasteiger partial charge in [0.25, 0.3) is 6.43 Å². The lowest BCUT2D eigenvalue weighted by Crippen LogP contribution is -1.97. The zero-order valence-electron chi connectivity index (χ0n) is 8.86. The third-order valence-electron chi connectivity index (χ3n) is 2.23. The van der Waals surface area contributed by atoms with Crippen LogP contribution in [-0.4, -0.2) is 22.0 Å². The highest BCUT2D eigenvalue weighted by Crippen LogP contribution is 2.28. The molecular weight excluding hydrogens is 250 g/mol. The number of halogens is 3. The highest BCUT2D eigenvalue weighted by molar-refractivity contribution is 6.31. The fraction of sp³-hybridized carbons (Fsp3) is 0.200. The van der Waals surface area contributed by atoms with Gasteiger partial charge >= 0.3 is 0 Å². The molecule has 2 aromatic rings. The lowest BCUT2D eigenvalue weighted by Gasteiger charge is -2.06. The second-order valence-corrected chi connectivity index (χ2v) is 3.71. The van der Waals surface area contributed by atoms with Crippen LogP contribution in [0.5, 0.6) is 0 Å². The average molecular weight is 259 g/mol. The Bertz CT molecular complexity index is 527. The third kappa shape index (κ3) is 2.36. The van der Waals surface area contributed by atoms with E-state index < -0.39 is 6.43 Å². The minimum absolute atomic E-state index is 0.0395. The molecule has 1 N–H and O–H groups in total. The van der Waals surface area contributed by atoms with Gasteiger partial charge in [-0.3, -0.25) is 0 Å². The van der Waals surface area contributed by atoms with E-state index in [1.165, 1.54) is 16.8 Å². The number of rotatable bonds is 3. The van der Waals surface area contributed by atoms with Gasteiger partial charge in [0.1, 0.15) is 0 Å². The third-order valence-corrected chi connectivity index (χ3v) is 2.57. The summed E-state index contributed by atoms with van der Waals surface area (Å²) >= 11 is 5.67. The molecule has 2 rings (SSSR count). The van der Waals surface area contributed by atoms with Gasteiger partial charge in [-0.05, 0) is 18.2 Å². The van der Waals surface area contributed by atoms with E-state index in [9.17, 15) is 8.78 Å². The summed E-state index contributed by atoms with van der Waals surface area (Å²) in [6.07, 6.45) is -1.02. The van der Waals surface area contributed by atoms with Gasteiger partial charge in [-0.15, -0.1) is 5.10 Å². The summed E-state index contributed by atoms with van der Waals surface area (Å²) in [6.45, 7) is 0. The molecule has 0 unspecified atom stereocenters. The quantitative estimate of drug-likeness (QED) is 0.921. The van der Waals surface area contributed by atoms with Gasteiger partial charge in [0.2, 0.25) is 0 Å². The second kappa shape index (κ2) is 4.67. The summed E-state index contributed by atoms with van der Waals surface area (Å²) < 4.78 is 26.7. The van der Waals surface area contributed by atoms with E-state index in [1.54, 1.807) is 19.3 Å². The number of hydrogen-bond donors (Lipinski definition) is 1. The van der Waals surface area contributed by atoms with Gasteiger partial charge < -0.3 is 5.32 Å². The zero-order valence-corrected chi connectivity index (χ0v) is 9.62. The maximum absolute atomic E-state index is 12.7. The van der Waals surface area contributed by atoms with Gasteiger partial charge in [-0.2, -0.15) is 0 Å². The van der Waals surface area contributed by atoms with Gasteiger partial charge in [-0.1, -0.05) is 16.8 Å². The van der Waals surface area contributed by atoms with Crippen molar-refractivity contribution < 1.29 is 8.78 Å². The van der Waals surface area contributed by atoms with Crippen LogP contribution in [0, 0.1) is 0 Å². The van der Waals surface area contributed by atoms with Crippen molar-refractivity contribution in [3.8, 4) is 5.69 Å². The Morgan fingerprint density at radius 1 is 1.41 bits per heavy atom. The Labute approximate surface area is 101 Å². The number of alkyl halides is 2. The predicted octanol–water partition coefficient (Wildman–Crippen LogP) is 2.90.